The Morgan fingerprint density at radius 1 is 1.22 bits per heavy atom. The van der Waals surface area contributed by atoms with Crippen molar-refractivity contribution in [2.75, 3.05) is 11.6 Å². The number of anilines is 1. The molecule has 1 amide bonds. The SMILES string of the molecule is CSc1ccc(NC(=O)c2cccc(Br)n2)cc1. The molecule has 0 aliphatic rings. The van der Waals surface area contributed by atoms with Crippen LogP contribution in [-0.4, -0.2) is 17.1 Å². The average molecular weight is 323 g/mol. The van der Waals surface area contributed by atoms with Crippen LogP contribution in [0.1, 0.15) is 10.5 Å². The lowest BCUT2D eigenvalue weighted by atomic mass is 10.3. The second-order valence-corrected chi connectivity index (χ2v) is 5.22. The zero-order valence-electron chi connectivity index (χ0n) is 9.68. The minimum absolute atomic E-state index is 0.215. The van der Waals surface area contributed by atoms with Gasteiger partial charge in [0.15, 0.2) is 0 Å². The molecule has 2 aromatic rings. The van der Waals surface area contributed by atoms with Crippen molar-refractivity contribution in [1.29, 1.82) is 0 Å². The van der Waals surface area contributed by atoms with Gasteiger partial charge in [0.2, 0.25) is 0 Å². The topological polar surface area (TPSA) is 42.0 Å². The van der Waals surface area contributed by atoms with Crippen LogP contribution < -0.4 is 5.32 Å². The number of carbonyl (C=O) groups is 1. The Hall–Kier alpha value is -1.33. The number of nitrogens with zero attached hydrogens (tertiary/aromatic N) is 1. The number of amides is 1. The first-order chi connectivity index (χ1) is 8.69. The van der Waals surface area contributed by atoms with Crippen LogP contribution >= 0.6 is 27.7 Å². The summed E-state index contributed by atoms with van der Waals surface area (Å²) in [4.78, 5) is 17.2. The van der Waals surface area contributed by atoms with Crippen LogP contribution in [0.4, 0.5) is 5.69 Å². The summed E-state index contributed by atoms with van der Waals surface area (Å²) in [5, 5.41) is 2.81. The maximum atomic E-state index is 11.9. The highest BCUT2D eigenvalue weighted by Gasteiger charge is 2.07. The van der Waals surface area contributed by atoms with Gasteiger partial charge in [0.05, 0.1) is 0 Å². The summed E-state index contributed by atoms with van der Waals surface area (Å²) >= 11 is 4.90. The number of hydrogen-bond donors (Lipinski definition) is 1. The molecule has 1 aromatic heterocycles. The molecule has 0 aliphatic carbocycles. The molecule has 18 heavy (non-hydrogen) atoms. The third-order valence-electron chi connectivity index (χ3n) is 2.30. The third kappa shape index (κ3) is 3.34. The third-order valence-corrected chi connectivity index (χ3v) is 3.48. The lowest BCUT2D eigenvalue weighted by molar-refractivity contribution is 0.102. The molecule has 5 heteroatoms. The predicted octanol–water partition coefficient (Wildman–Crippen LogP) is 3.82. The largest absolute Gasteiger partial charge is 0.321 e. The van der Waals surface area contributed by atoms with Crippen molar-refractivity contribution in [3.05, 3.63) is 52.8 Å². The number of aromatic nitrogens is 1. The molecular weight excluding hydrogens is 312 g/mol. The van der Waals surface area contributed by atoms with E-state index >= 15 is 0 Å². The van der Waals surface area contributed by atoms with Crippen molar-refractivity contribution >= 4 is 39.3 Å². The number of thioether (sulfide) groups is 1. The maximum absolute atomic E-state index is 11.9. The highest BCUT2D eigenvalue weighted by atomic mass is 79.9. The van der Waals surface area contributed by atoms with Crippen LogP contribution in [0.25, 0.3) is 0 Å². The van der Waals surface area contributed by atoms with Crippen LogP contribution in [0, 0.1) is 0 Å². The molecule has 0 unspecified atom stereocenters. The molecule has 0 saturated heterocycles. The fraction of sp³-hybridized carbons (Fsp3) is 0.0769. The normalized spacial score (nSPS) is 10.1. The second-order valence-electron chi connectivity index (χ2n) is 3.53. The molecule has 0 saturated carbocycles. The number of nitrogens with one attached hydrogen (secondary N) is 1. The quantitative estimate of drug-likeness (QED) is 0.690. The summed E-state index contributed by atoms with van der Waals surface area (Å²) in [6.07, 6.45) is 2.01. The van der Waals surface area contributed by atoms with Crippen LogP contribution in [-0.2, 0) is 0 Å². The van der Waals surface area contributed by atoms with Gasteiger partial charge in [-0.05, 0) is 58.6 Å². The Bertz CT molecular complexity index is 557. The fourth-order valence-corrected chi connectivity index (χ4v) is 2.16. The Morgan fingerprint density at radius 3 is 2.56 bits per heavy atom. The van der Waals surface area contributed by atoms with E-state index in [0.717, 1.165) is 10.6 Å². The Morgan fingerprint density at radius 2 is 1.94 bits per heavy atom. The van der Waals surface area contributed by atoms with Gasteiger partial charge in [-0.1, -0.05) is 6.07 Å². The molecule has 2 rings (SSSR count). The predicted molar refractivity (Wildman–Crippen MR) is 78.1 cm³/mol. The standard InChI is InChI=1S/C13H11BrN2OS/c1-18-10-7-5-9(6-8-10)15-13(17)11-3-2-4-12(14)16-11/h2-8H,1H3,(H,15,17). The minimum atomic E-state index is -0.215. The van der Waals surface area contributed by atoms with Gasteiger partial charge in [0.25, 0.3) is 5.91 Å². The van der Waals surface area contributed by atoms with E-state index in [1.54, 1.807) is 30.0 Å². The zero-order valence-corrected chi connectivity index (χ0v) is 12.1. The van der Waals surface area contributed by atoms with Crippen molar-refractivity contribution in [1.82, 2.24) is 4.98 Å². The number of hydrogen-bond acceptors (Lipinski definition) is 3. The number of rotatable bonds is 3. The molecule has 1 aromatic carbocycles. The van der Waals surface area contributed by atoms with E-state index < -0.39 is 0 Å². The summed E-state index contributed by atoms with van der Waals surface area (Å²) in [5.41, 5.74) is 1.15. The molecule has 3 nitrogen and oxygen atoms in total. The molecule has 0 spiro atoms. The van der Waals surface area contributed by atoms with Crippen molar-refractivity contribution in [3.63, 3.8) is 0 Å². The second kappa shape index (κ2) is 6.02. The maximum Gasteiger partial charge on any atom is 0.274 e. The Labute approximate surface area is 118 Å². The first-order valence-electron chi connectivity index (χ1n) is 5.27. The molecule has 0 radical (unpaired) electrons. The van der Waals surface area contributed by atoms with E-state index in [-0.39, 0.29) is 5.91 Å². The minimum Gasteiger partial charge on any atom is -0.321 e. The van der Waals surface area contributed by atoms with Gasteiger partial charge >= 0.3 is 0 Å². The highest BCUT2D eigenvalue weighted by molar-refractivity contribution is 9.10. The number of pyridine rings is 1. The van der Waals surface area contributed by atoms with Crippen molar-refractivity contribution in [3.8, 4) is 0 Å². The molecule has 0 atom stereocenters. The molecule has 0 fully saturated rings. The molecule has 1 N–H and O–H groups in total. The van der Waals surface area contributed by atoms with E-state index in [0.29, 0.717) is 10.3 Å². The van der Waals surface area contributed by atoms with E-state index in [2.05, 4.69) is 26.2 Å². The van der Waals surface area contributed by atoms with Crippen LogP contribution in [0.2, 0.25) is 0 Å². The van der Waals surface area contributed by atoms with Gasteiger partial charge in [-0.25, -0.2) is 4.98 Å². The molecule has 92 valence electrons. The first-order valence-corrected chi connectivity index (χ1v) is 7.29. The Kier molecular flexibility index (Phi) is 4.38. The molecular formula is C13H11BrN2OS. The number of carbonyl (C=O) groups excluding carboxylic acids is 1. The van der Waals surface area contributed by atoms with E-state index in [9.17, 15) is 4.79 Å². The lowest BCUT2D eigenvalue weighted by Crippen LogP contribution is -2.13. The number of halogens is 1. The van der Waals surface area contributed by atoms with E-state index in [1.165, 1.54) is 0 Å². The van der Waals surface area contributed by atoms with Gasteiger partial charge < -0.3 is 5.32 Å². The highest BCUT2D eigenvalue weighted by Crippen LogP contribution is 2.18. The number of benzene rings is 1. The van der Waals surface area contributed by atoms with Crippen LogP contribution in [0.15, 0.2) is 52.0 Å². The van der Waals surface area contributed by atoms with Crippen molar-refractivity contribution < 1.29 is 4.79 Å². The molecule has 0 bridgehead atoms. The fourth-order valence-electron chi connectivity index (χ4n) is 1.40. The summed E-state index contributed by atoms with van der Waals surface area (Å²) in [6, 6.07) is 12.9. The van der Waals surface area contributed by atoms with E-state index in [1.807, 2.05) is 30.5 Å². The van der Waals surface area contributed by atoms with E-state index in [4.69, 9.17) is 0 Å². The van der Waals surface area contributed by atoms with Crippen molar-refractivity contribution in [2.24, 2.45) is 0 Å². The molecule has 0 aliphatic heterocycles. The smallest absolute Gasteiger partial charge is 0.274 e. The zero-order chi connectivity index (χ0) is 13.0. The average Bonchev–Trinajstić information content (AvgIpc) is 2.39. The summed E-state index contributed by atoms with van der Waals surface area (Å²) in [5.74, 6) is -0.215. The van der Waals surface area contributed by atoms with Gasteiger partial charge in [-0.3, -0.25) is 4.79 Å². The van der Waals surface area contributed by atoms with Crippen molar-refractivity contribution in [2.45, 2.75) is 4.90 Å². The monoisotopic (exact) mass is 322 g/mol. The summed E-state index contributed by atoms with van der Waals surface area (Å²) in [6.45, 7) is 0. The van der Waals surface area contributed by atoms with Gasteiger partial charge in [-0.2, -0.15) is 0 Å². The van der Waals surface area contributed by atoms with Crippen LogP contribution in [0.3, 0.4) is 0 Å². The van der Waals surface area contributed by atoms with Gasteiger partial charge in [0, 0.05) is 10.6 Å². The lowest BCUT2D eigenvalue weighted by Gasteiger charge is -2.05. The molecule has 1 heterocycles. The van der Waals surface area contributed by atoms with Gasteiger partial charge in [0.1, 0.15) is 10.3 Å². The van der Waals surface area contributed by atoms with Crippen LogP contribution in [0.5, 0.6) is 0 Å². The van der Waals surface area contributed by atoms with Gasteiger partial charge in [-0.15, -0.1) is 11.8 Å². The first kappa shape index (κ1) is 13.1. The Balaban J connectivity index is 2.11. The summed E-state index contributed by atoms with van der Waals surface area (Å²) < 4.78 is 0.646. The summed E-state index contributed by atoms with van der Waals surface area (Å²) in [7, 11) is 0.